The lowest BCUT2D eigenvalue weighted by atomic mass is 10.1. The van der Waals surface area contributed by atoms with Crippen LogP contribution in [0.1, 0.15) is 29.3 Å². The summed E-state index contributed by atoms with van der Waals surface area (Å²) in [6.07, 6.45) is 0.731. The molecule has 0 heterocycles. The number of anilines is 1. The molecule has 0 spiro atoms. The van der Waals surface area contributed by atoms with E-state index in [1.807, 2.05) is 37.3 Å². The first-order valence-corrected chi connectivity index (χ1v) is 6.88. The zero-order valence-electron chi connectivity index (χ0n) is 11.5. The molecule has 5 heteroatoms. The van der Waals surface area contributed by atoms with Gasteiger partial charge in [-0.25, -0.2) is 0 Å². The molecule has 2 rings (SSSR count). The van der Waals surface area contributed by atoms with Crippen molar-refractivity contribution in [1.29, 1.82) is 0 Å². The summed E-state index contributed by atoms with van der Waals surface area (Å²) >= 11 is 6.03. The van der Waals surface area contributed by atoms with Gasteiger partial charge in [0, 0.05) is 0 Å². The third kappa shape index (κ3) is 3.83. The Morgan fingerprint density at radius 3 is 2.52 bits per heavy atom. The van der Waals surface area contributed by atoms with Crippen LogP contribution >= 0.6 is 11.6 Å². The van der Waals surface area contributed by atoms with E-state index in [0.717, 1.165) is 17.7 Å². The molecule has 0 bridgehead atoms. The standard InChI is InChI=1S/C16H15ClN2O2/c1-2-14(11-6-4-3-5-7-11)18-19-15-10-12(16(20)21)8-9-13(15)17/h3-10,19H,2H2,1H3,(H,20,21)/p-1/b18-14-. The van der Waals surface area contributed by atoms with Crippen LogP contribution < -0.4 is 10.5 Å². The lowest BCUT2D eigenvalue weighted by Gasteiger charge is -2.09. The van der Waals surface area contributed by atoms with E-state index >= 15 is 0 Å². The third-order valence-electron chi connectivity index (χ3n) is 2.96. The lowest BCUT2D eigenvalue weighted by Crippen LogP contribution is -2.22. The number of aromatic carboxylic acids is 1. The molecule has 0 amide bonds. The van der Waals surface area contributed by atoms with Crippen molar-refractivity contribution in [2.45, 2.75) is 13.3 Å². The van der Waals surface area contributed by atoms with Gasteiger partial charge in [-0.1, -0.05) is 54.9 Å². The summed E-state index contributed by atoms with van der Waals surface area (Å²) in [4.78, 5) is 10.9. The Labute approximate surface area is 128 Å². The summed E-state index contributed by atoms with van der Waals surface area (Å²) in [6.45, 7) is 1.99. The average molecular weight is 302 g/mol. The van der Waals surface area contributed by atoms with Gasteiger partial charge in [-0.3, -0.25) is 5.43 Å². The molecule has 0 aliphatic heterocycles. The van der Waals surface area contributed by atoms with Gasteiger partial charge < -0.3 is 9.90 Å². The Balaban J connectivity index is 2.27. The van der Waals surface area contributed by atoms with Gasteiger partial charge in [-0.15, -0.1) is 0 Å². The smallest absolute Gasteiger partial charge is 0.0754 e. The van der Waals surface area contributed by atoms with Crippen LogP contribution in [-0.2, 0) is 0 Å². The van der Waals surface area contributed by atoms with E-state index in [-0.39, 0.29) is 5.56 Å². The van der Waals surface area contributed by atoms with Crippen molar-refractivity contribution in [1.82, 2.24) is 0 Å². The summed E-state index contributed by atoms with van der Waals surface area (Å²) in [5, 5.41) is 15.6. The minimum absolute atomic E-state index is 0.0508. The van der Waals surface area contributed by atoms with Gasteiger partial charge >= 0.3 is 0 Å². The molecule has 0 unspecified atom stereocenters. The second-order valence-corrected chi connectivity index (χ2v) is 4.78. The molecule has 4 nitrogen and oxygen atoms in total. The highest BCUT2D eigenvalue weighted by Crippen LogP contribution is 2.23. The summed E-state index contributed by atoms with van der Waals surface area (Å²) in [5.41, 5.74) is 5.16. The summed E-state index contributed by atoms with van der Waals surface area (Å²) in [7, 11) is 0. The number of benzene rings is 2. The molecule has 0 aliphatic carbocycles. The average Bonchev–Trinajstić information content (AvgIpc) is 2.50. The SMILES string of the molecule is CC/C(=N/Nc1cc(C(=O)[O-])ccc1Cl)c1ccccc1. The molecule has 2 aromatic rings. The predicted molar refractivity (Wildman–Crippen MR) is 82.7 cm³/mol. The lowest BCUT2D eigenvalue weighted by molar-refractivity contribution is -0.255. The molecule has 1 N–H and O–H groups in total. The highest BCUT2D eigenvalue weighted by atomic mass is 35.5. The van der Waals surface area contributed by atoms with E-state index in [4.69, 9.17) is 11.6 Å². The van der Waals surface area contributed by atoms with Crippen LogP contribution in [0.5, 0.6) is 0 Å². The zero-order chi connectivity index (χ0) is 15.2. The molecule has 2 aromatic carbocycles. The van der Waals surface area contributed by atoms with Crippen LogP contribution in [0.3, 0.4) is 0 Å². The Kier molecular flexibility index (Phi) is 4.95. The van der Waals surface area contributed by atoms with Gasteiger partial charge in [0.25, 0.3) is 0 Å². The molecule has 0 aliphatic rings. The number of nitrogens with one attached hydrogen (secondary N) is 1. The fraction of sp³-hybridized carbons (Fsp3) is 0.125. The van der Waals surface area contributed by atoms with Crippen molar-refractivity contribution < 1.29 is 9.90 Å². The van der Waals surface area contributed by atoms with Gasteiger partial charge in [0.1, 0.15) is 0 Å². The number of hydrogen-bond acceptors (Lipinski definition) is 4. The maximum atomic E-state index is 10.9. The molecule has 0 fully saturated rings. The fourth-order valence-electron chi connectivity index (χ4n) is 1.84. The number of hydrogen-bond donors (Lipinski definition) is 1. The molecule has 0 aromatic heterocycles. The Bertz CT molecular complexity index is 669. The maximum Gasteiger partial charge on any atom is 0.0754 e. The molecule has 0 saturated heterocycles. The van der Waals surface area contributed by atoms with Crippen molar-refractivity contribution in [3.05, 3.63) is 64.7 Å². The quantitative estimate of drug-likeness (QED) is 0.682. The van der Waals surface area contributed by atoms with Crippen molar-refractivity contribution in [2.24, 2.45) is 5.10 Å². The number of nitrogens with zero attached hydrogens (tertiary/aromatic N) is 1. The van der Waals surface area contributed by atoms with Crippen LogP contribution in [0.25, 0.3) is 0 Å². The minimum Gasteiger partial charge on any atom is -0.545 e. The first-order valence-electron chi connectivity index (χ1n) is 6.50. The number of carboxylic acids is 1. The van der Waals surface area contributed by atoms with Crippen LogP contribution in [-0.4, -0.2) is 11.7 Å². The highest BCUT2D eigenvalue weighted by Gasteiger charge is 2.04. The van der Waals surface area contributed by atoms with Crippen LogP contribution in [0.2, 0.25) is 5.02 Å². The molecule has 108 valence electrons. The third-order valence-corrected chi connectivity index (χ3v) is 3.28. The van der Waals surface area contributed by atoms with Crippen molar-refractivity contribution in [3.8, 4) is 0 Å². The fourth-order valence-corrected chi connectivity index (χ4v) is 2.00. The highest BCUT2D eigenvalue weighted by molar-refractivity contribution is 6.33. The summed E-state index contributed by atoms with van der Waals surface area (Å²) < 4.78 is 0. The second kappa shape index (κ2) is 6.90. The van der Waals surface area contributed by atoms with Crippen molar-refractivity contribution in [2.75, 3.05) is 5.43 Å². The van der Waals surface area contributed by atoms with Gasteiger partial charge in [-0.05, 0) is 29.7 Å². The first-order chi connectivity index (χ1) is 10.1. The number of carboxylic acid groups (broad SMARTS) is 1. The van der Waals surface area contributed by atoms with Gasteiger partial charge in [0.15, 0.2) is 0 Å². The Hall–Kier alpha value is -2.33. The monoisotopic (exact) mass is 301 g/mol. The summed E-state index contributed by atoms with van der Waals surface area (Å²) in [6, 6.07) is 14.0. The van der Waals surface area contributed by atoms with Crippen molar-refractivity contribution in [3.63, 3.8) is 0 Å². The van der Waals surface area contributed by atoms with Crippen LogP contribution in [0.4, 0.5) is 5.69 Å². The second-order valence-electron chi connectivity index (χ2n) is 4.37. The maximum absolute atomic E-state index is 10.9. The number of hydrazone groups is 1. The Morgan fingerprint density at radius 2 is 1.90 bits per heavy atom. The van der Waals surface area contributed by atoms with Crippen LogP contribution in [0, 0.1) is 0 Å². The van der Waals surface area contributed by atoms with E-state index in [2.05, 4.69) is 10.5 Å². The summed E-state index contributed by atoms with van der Waals surface area (Å²) in [5.74, 6) is -1.25. The van der Waals surface area contributed by atoms with E-state index < -0.39 is 5.97 Å². The molecular weight excluding hydrogens is 288 g/mol. The van der Waals surface area contributed by atoms with E-state index in [9.17, 15) is 9.90 Å². The van der Waals surface area contributed by atoms with E-state index in [1.54, 1.807) is 0 Å². The predicted octanol–water partition coefficient (Wildman–Crippen LogP) is 2.93. The minimum atomic E-state index is -1.25. The zero-order valence-corrected chi connectivity index (χ0v) is 12.2. The molecule has 0 radical (unpaired) electrons. The molecule has 0 atom stereocenters. The topological polar surface area (TPSA) is 64.5 Å². The number of carbonyl (C=O) groups is 1. The van der Waals surface area contributed by atoms with E-state index in [0.29, 0.717) is 10.7 Å². The normalized spacial score (nSPS) is 11.2. The van der Waals surface area contributed by atoms with Crippen LogP contribution in [0.15, 0.2) is 53.6 Å². The Morgan fingerprint density at radius 1 is 1.19 bits per heavy atom. The largest absolute Gasteiger partial charge is 0.545 e. The molecule has 21 heavy (non-hydrogen) atoms. The van der Waals surface area contributed by atoms with Gasteiger partial charge in [-0.2, -0.15) is 5.10 Å². The van der Waals surface area contributed by atoms with E-state index in [1.165, 1.54) is 18.2 Å². The van der Waals surface area contributed by atoms with Gasteiger partial charge in [0.2, 0.25) is 0 Å². The number of rotatable bonds is 5. The number of halogens is 1. The number of carbonyl (C=O) groups excluding carboxylic acids is 1. The van der Waals surface area contributed by atoms with Crippen molar-refractivity contribution >= 4 is 29.0 Å². The van der Waals surface area contributed by atoms with Gasteiger partial charge in [0.05, 0.1) is 22.4 Å². The molecular formula is C16H14ClN2O2-. The molecule has 0 saturated carbocycles. The first kappa shape index (κ1) is 15.1.